The average Bonchev–Trinajstić information content (AvgIpc) is 2.36. The van der Waals surface area contributed by atoms with Crippen LogP contribution in [0.25, 0.3) is 0 Å². The second-order valence-electron chi connectivity index (χ2n) is 2.48. The second-order valence-corrected chi connectivity index (χ2v) is 3.48. The number of thioether (sulfide) groups is 1. The number of carbonyl (C=O) groups is 1. The maximum absolute atomic E-state index is 10.8. The van der Waals surface area contributed by atoms with Gasteiger partial charge in [-0.25, -0.2) is 0 Å². The molecule has 1 unspecified atom stereocenters. The van der Waals surface area contributed by atoms with E-state index in [0.29, 0.717) is 0 Å². The van der Waals surface area contributed by atoms with Crippen LogP contribution in [-0.4, -0.2) is 35.0 Å². The molecule has 0 aromatic heterocycles. The summed E-state index contributed by atoms with van der Waals surface area (Å²) in [4.78, 5) is 12.8. The Labute approximate surface area is 70.6 Å². The summed E-state index contributed by atoms with van der Waals surface area (Å²) in [5, 5.41) is 0. The van der Waals surface area contributed by atoms with Crippen LogP contribution in [0.4, 0.5) is 0 Å². The van der Waals surface area contributed by atoms with E-state index in [1.54, 1.807) is 17.8 Å². The summed E-state index contributed by atoms with van der Waals surface area (Å²) in [6, 6.07) is -0.0852. The Morgan fingerprint density at radius 2 is 2.64 bits per heavy atom. The van der Waals surface area contributed by atoms with Crippen molar-refractivity contribution in [1.82, 2.24) is 4.90 Å². The third-order valence-corrected chi connectivity index (χ3v) is 2.73. The number of hydrogen-bond donors (Lipinski definition) is 1. The maximum Gasteiger partial charge on any atom is 0.235 e. The lowest BCUT2D eigenvalue weighted by Crippen LogP contribution is -2.41. The highest BCUT2D eigenvalue weighted by Crippen LogP contribution is 2.19. The Hall–Kier alpha value is -0.480. The molecule has 0 aromatic carbocycles. The van der Waals surface area contributed by atoms with Crippen molar-refractivity contribution in [2.45, 2.75) is 6.04 Å². The molecule has 4 heteroatoms. The van der Waals surface area contributed by atoms with Crippen molar-refractivity contribution in [1.29, 1.82) is 0 Å². The Kier molecular flexibility index (Phi) is 2.96. The van der Waals surface area contributed by atoms with Gasteiger partial charge in [-0.15, -0.1) is 18.3 Å². The molecule has 0 saturated carbocycles. The first kappa shape index (κ1) is 8.62. The van der Waals surface area contributed by atoms with Gasteiger partial charge < -0.3 is 5.73 Å². The second kappa shape index (κ2) is 3.78. The van der Waals surface area contributed by atoms with Gasteiger partial charge in [-0.2, -0.15) is 0 Å². The standard InChI is InChI=1S/C7H12N2OS/c1-2-3-9-5-11-4-6(9)7(8)10/h2,6H,1,3-5H2,(H2,8,10). The third kappa shape index (κ3) is 1.97. The molecule has 0 spiro atoms. The molecule has 1 amide bonds. The lowest BCUT2D eigenvalue weighted by atomic mass is 10.3. The van der Waals surface area contributed by atoms with Crippen molar-refractivity contribution in [3.8, 4) is 0 Å². The summed E-state index contributed by atoms with van der Waals surface area (Å²) < 4.78 is 0. The van der Waals surface area contributed by atoms with E-state index in [-0.39, 0.29) is 11.9 Å². The minimum Gasteiger partial charge on any atom is -0.368 e. The van der Waals surface area contributed by atoms with Crippen molar-refractivity contribution in [3.05, 3.63) is 12.7 Å². The van der Waals surface area contributed by atoms with Crippen LogP contribution >= 0.6 is 11.8 Å². The lowest BCUT2D eigenvalue weighted by molar-refractivity contribution is -0.121. The Bertz CT molecular complexity index is 172. The molecular weight excluding hydrogens is 160 g/mol. The molecule has 1 saturated heterocycles. The van der Waals surface area contributed by atoms with Crippen molar-refractivity contribution >= 4 is 17.7 Å². The van der Waals surface area contributed by atoms with Crippen LogP contribution in [0.5, 0.6) is 0 Å². The van der Waals surface area contributed by atoms with Gasteiger partial charge in [0.2, 0.25) is 5.91 Å². The van der Waals surface area contributed by atoms with Gasteiger partial charge in [0.25, 0.3) is 0 Å². The molecule has 62 valence electrons. The molecule has 0 radical (unpaired) electrons. The van der Waals surface area contributed by atoms with Crippen molar-refractivity contribution in [3.63, 3.8) is 0 Å². The Morgan fingerprint density at radius 1 is 1.91 bits per heavy atom. The quantitative estimate of drug-likeness (QED) is 0.611. The van der Waals surface area contributed by atoms with Crippen molar-refractivity contribution in [2.24, 2.45) is 5.73 Å². The SMILES string of the molecule is C=CCN1CSCC1C(N)=O. The van der Waals surface area contributed by atoms with E-state index in [9.17, 15) is 4.79 Å². The summed E-state index contributed by atoms with van der Waals surface area (Å²) in [5.41, 5.74) is 5.19. The van der Waals surface area contributed by atoms with Gasteiger partial charge in [0.1, 0.15) is 0 Å². The van der Waals surface area contributed by atoms with Gasteiger partial charge in [0, 0.05) is 18.2 Å². The van der Waals surface area contributed by atoms with E-state index in [1.165, 1.54) is 0 Å². The number of nitrogens with two attached hydrogens (primary N) is 1. The van der Waals surface area contributed by atoms with E-state index >= 15 is 0 Å². The van der Waals surface area contributed by atoms with Gasteiger partial charge in [0.05, 0.1) is 6.04 Å². The zero-order valence-corrected chi connectivity index (χ0v) is 7.14. The highest BCUT2D eigenvalue weighted by Gasteiger charge is 2.27. The van der Waals surface area contributed by atoms with E-state index in [4.69, 9.17) is 5.73 Å². The first-order chi connectivity index (χ1) is 5.25. The predicted molar refractivity (Wildman–Crippen MR) is 47.2 cm³/mol. The maximum atomic E-state index is 10.8. The minimum atomic E-state index is -0.225. The molecule has 1 aliphatic heterocycles. The third-order valence-electron chi connectivity index (χ3n) is 1.67. The number of amides is 1. The fourth-order valence-corrected chi connectivity index (χ4v) is 2.31. The topological polar surface area (TPSA) is 46.3 Å². The fraction of sp³-hybridized carbons (Fsp3) is 0.571. The van der Waals surface area contributed by atoms with Gasteiger partial charge in [-0.1, -0.05) is 6.08 Å². The molecule has 0 aliphatic carbocycles. The molecule has 0 bridgehead atoms. The van der Waals surface area contributed by atoms with Gasteiger partial charge in [0.15, 0.2) is 0 Å². The highest BCUT2D eigenvalue weighted by molar-refractivity contribution is 7.99. The number of carbonyl (C=O) groups excluding carboxylic acids is 1. The Balaban J connectivity index is 2.50. The minimum absolute atomic E-state index is 0.0852. The highest BCUT2D eigenvalue weighted by atomic mass is 32.2. The zero-order chi connectivity index (χ0) is 8.27. The van der Waals surface area contributed by atoms with Crippen molar-refractivity contribution in [2.75, 3.05) is 18.2 Å². The van der Waals surface area contributed by atoms with Crippen LogP contribution in [0, 0.1) is 0 Å². The molecule has 1 heterocycles. The zero-order valence-electron chi connectivity index (χ0n) is 6.32. The summed E-state index contributed by atoms with van der Waals surface area (Å²) in [6.07, 6.45) is 1.79. The van der Waals surface area contributed by atoms with Crippen LogP contribution in [0.15, 0.2) is 12.7 Å². The summed E-state index contributed by atoms with van der Waals surface area (Å²) in [7, 11) is 0. The van der Waals surface area contributed by atoms with E-state index in [1.807, 2.05) is 4.90 Å². The van der Waals surface area contributed by atoms with Crippen LogP contribution in [0.2, 0.25) is 0 Å². The largest absolute Gasteiger partial charge is 0.368 e. The lowest BCUT2D eigenvalue weighted by Gasteiger charge is -2.17. The number of hydrogen-bond acceptors (Lipinski definition) is 3. The average molecular weight is 172 g/mol. The molecular formula is C7H12N2OS. The molecule has 1 rings (SSSR count). The first-order valence-electron chi connectivity index (χ1n) is 3.47. The van der Waals surface area contributed by atoms with Gasteiger partial charge in [-0.05, 0) is 0 Å². The monoisotopic (exact) mass is 172 g/mol. The molecule has 0 aromatic rings. The first-order valence-corrected chi connectivity index (χ1v) is 4.63. The predicted octanol–water partition coefficient (Wildman–Crippen LogP) is 0.0326. The van der Waals surface area contributed by atoms with Crippen LogP contribution in [-0.2, 0) is 4.79 Å². The Morgan fingerprint density at radius 3 is 3.18 bits per heavy atom. The van der Waals surface area contributed by atoms with Crippen LogP contribution in [0.3, 0.4) is 0 Å². The van der Waals surface area contributed by atoms with Crippen LogP contribution in [0.1, 0.15) is 0 Å². The normalized spacial score (nSPS) is 25.3. The van der Waals surface area contributed by atoms with E-state index < -0.39 is 0 Å². The van der Waals surface area contributed by atoms with Gasteiger partial charge in [-0.3, -0.25) is 9.69 Å². The molecule has 1 fully saturated rings. The summed E-state index contributed by atoms with van der Waals surface area (Å²) in [6.45, 7) is 4.37. The number of primary amides is 1. The van der Waals surface area contributed by atoms with Crippen LogP contribution < -0.4 is 5.73 Å². The summed E-state index contributed by atoms with van der Waals surface area (Å²) >= 11 is 1.74. The molecule has 1 atom stereocenters. The number of nitrogens with zero attached hydrogens (tertiary/aromatic N) is 1. The van der Waals surface area contributed by atoms with E-state index in [2.05, 4.69) is 6.58 Å². The van der Waals surface area contributed by atoms with Crippen molar-refractivity contribution < 1.29 is 4.79 Å². The fourth-order valence-electron chi connectivity index (χ4n) is 1.08. The van der Waals surface area contributed by atoms with E-state index in [0.717, 1.165) is 18.2 Å². The van der Waals surface area contributed by atoms with Gasteiger partial charge >= 0.3 is 0 Å². The summed E-state index contributed by atoms with van der Waals surface area (Å²) in [5.74, 6) is 1.49. The molecule has 11 heavy (non-hydrogen) atoms. The molecule has 1 aliphatic rings. The molecule has 3 nitrogen and oxygen atoms in total. The smallest absolute Gasteiger partial charge is 0.235 e. The molecule has 2 N–H and O–H groups in total. The number of rotatable bonds is 3.